The molecular weight excluding hydrogens is 803 g/mol. The second kappa shape index (κ2) is 37.7. The zero-order valence-electron chi connectivity index (χ0n) is 38.0. The van der Waals surface area contributed by atoms with Gasteiger partial charge in [0.1, 0.15) is 43.2 Å². The molecule has 8 atom stereocenters. The number of aliphatic hydroxyl groups excluding tert-OH is 5. The van der Waals surface area contributed by atoms with E-state index in [2.05, 4.69) is 38.2 Å². The minimum atomic E-state index is -5.12. The first kappa shape index (κ1) is 57.3. The maximum absolute atomic E-state index is 12.8. The van der Waals surface area contributed by atoms with Gasteiger partial charge in [-0.3, -0.25) is 18.6 Å². The number of rotatable bonds is 40. The van der Waals surface area contributed by atoms with Gasteiger partial charge in [0, 0.05) is 12.8 Å². The summed E-state index contributed by atoms with van der Waals surface area (Å²) in [7, 11) is -5.12. The van der Waals surface area contributed by atoms with E-state index in [1.54, 1.807) is 0 Å². The highest BCUT2D eigenvalue weighted by molar-refractivity contribution is 7.47. The van der Waals surface area contributed by atoms with Crippen molar-refractivity contribution < 1.29 is 63.1 Å². The standard InChI is InChI=1S/C47H87O13P/c1-3-5-7-9-11-13-15-17-18-19-20-21-22-24-26-28-30-32-34-36-41(49)59-39(38-58-61(55,56)60-47-45(53)43(51)42(50)44(52)46(47)54)37-57-40(48)35-33-31-29-27-25-23-16-14-12-10-8-6-4-2/h14,16,19-20,39,42-47,50-54H,3-13,15,17-18,21-38H2,1-2H3,(H,55,56)/b16-14-,20-19-/t39-,42?,43-,44?,45?,46?,47?/m1/s1. The summed E-state index contributed by atoms with van der Waals surface area (Å²) >= 11 is 0. The van der Waals surface area contributed by atoms with Crippen molar-refractivity contribution in [3.8, 4) is 0 Å². The molecule has 6 unspecified atom stereocenters. The van der Waals surface area contributed by atoms with E-state index in [-0.39, 0.29) is 12.8 Å². The van der Waals surface area contributed by atoms with Crippen LogP contribution in [0.5, 0.6) is 0 Å². The Hall–Kier alpha value is -1.67. The SMILES string of the molecule is CCCCCC/C=C\CCCCCCCC(=O)OC[C@H](COP(=O)(O)OC1C(O)C(O)C(O)[C@@H](O)C1O)OC(=O)CCCCCCCCC/C=C\CCCCCCCCCC. The van der Waals surface area contributed by atoms with Crippen molar-refractivity contribution in [1.29, 1.82) is 0 Å². The van der Waals surface area contributed by atoms with Gasteiger partial charge in [-0.05, 0) is 64.2 Å². The Labute approximate surface area is 368 Å². The minimum Gasteiger partial charge on any atom is -0.462 e. The first-order valence-electron chi connectivity index (χ1n) is 24.1. The fourth-order valence-corrected chi connectivity index (χ4v) is 8.31. The van der Waals surface area contributed by atoms with Gasteiger partial charge in [0.15, 0.2) is 6.10 Å². The number of carbonyl (C=O) groups excluding carboxylic acids is 2. The molecule has 0 aromatic heterocycles. The molecule has 0 aromatic rings. The van der Waals surface area contributed by atoms with E-state index in [9.17, 15) is 44.6 Å². The van der Waals surface area contributed by atoms with Gasteiger partial charge >= 0.3 is 19.8 Å². The maximum Gasteiger partial charge on any atom is 0.472 e. The maximum atomic E-state index is 12.8. The van der Waals surface area contributed by atoms with Crippen LogP contribution >= 0.6 is 7.82 Å². The zero-order valence-corrected chi connectivity index (χ0v) is 38.9. The highest BCUT2D eigenvalue weighted by Crippen LogP contribution is 2.47. The number of hydrogen-bond donors (Lipinski definition) is 6. The van der Waals surface area contributed by atoms with E-state index in [4.69, 9.17) is 18.5 Å². The fourth-order valence-electron chi connectivity index (χ4n) is 7.34. The monoisotopic (exact) mass is 891 g/mol. The molecule has 0 radical (unpaired) electrons. The van der Waals surface area contributed by atoms with E-state index < -0.39 is 75.7 Å². The summed E-state index contributed by atoms with van der Waals surface area (Å²) in [4.78, 5) is 35.7. The molecule has 6 N–H and O–H groups in total. The predicted molar refractivity (Wildman–Crippen MR) is 240 cm³/mol. The molecule has 0 bridgehead atoms. The first-order chi connectivity index (χ1) is 29.4. The minimum absolute atomic E-state index is 0.0920. The third-order valence-corrected chi connectivity index (χ3v) is 12.3. The summed E-state index contributed by atoms with van der Waals surface area (Å²) in [5.41, 5.74) is 0. The van der Waals surface area contributed by atoms with Crippen molar-refractivity contribution in [3.05, 3.63) is 24.3 Å². The summed E-state index contributed by atoms with van der Waals surface area (Å²) in [5.74, 6) is -1.11. The number of aliphatic hydroxyl groups is 5. The molecule has 13 nitrogen and oxygen atoms in total. The molecule has 1 fully saturated rings. The van der Waals surface area contributed by atoms with Crippen LogP contribution in [0, 0.1) is 0 Å². The van der Waals surface area contributed by atoms with Crippen molar-refractivity contribution in [2.45, 2.75) is 249 Å². The molecule has 61 heavy (non-hydrogen) atoms. The lowest BCUT2D eigenvalue weighted by Crippen LogP contribution is -2.64. The topological polar surface area (TPSA) is 210 Å². The Morgan fingerprint density at radius 1 is 0.492 bits per heavy atom. The molecule has 0 spiro atoms. The molecule has 0 aromatic carbocycles. The highest BCUT2D eigenvalue weighted by Gasteiger charge is 2.51. The van der Waals surface area contributed by atoms with Gasteiger partial charge in [0.2, 0.25) is 0 Å². The third-order valence-electron chi connectivity index (χ3n) is 11.3. The Morgan fingerprint density at radius 3 is 1.26 bits per heavy atom. The lowest BCUT2D eigenvalue weighted by molar-refractivity contribution is -0.220. The molecule has 1 aliphatic rings. The van der Waals surface area contributed by atoms with Gasteiger partial charge in [-0.1, -0.05) is 154 Å². The predicted octanol–water partition coefficient (Wildman–Crippen LogP) is 9.62. The van der Waals surface area contributed by atoms with Crippen molar-refractivity contribution in [2.24, 2.45) is 0 Å². The Bertz CT molecular complexity index is 1170. The Kier molecular flexibility index (Phi) is 35.4. The number of allylic oxidation sites excluding steroid dienone is 4. The van der Waals surface area contributed by atoms with Crippen molar-refractivity contribution in [3.63, 3.8) is 0 Å². The molecule has 0 amide bonds. The quantitative estimate of drug-likeness (QED) is 0.0147. The first-order valence-corrected chi connectivity index (χ1v) is 25.6. The normalized spacial score (nSPS) is 22.2. The van der Waals surface area contributed by atoms with Crippen LogP contribution in [0.3, 0.4) is 0 Å². The van der Waals surface area contributed by atoms with E-state index in [0.717, 1.165) is 70.6 Å². The molecule has 1 aliphatic carbocycles. The molecule has 14 heteroatoms. The van der Waals surface area contributed by atoms with E-state index in [0.29, 0.717) is 12.8 Å². The van der Waals surface area contributed by atoms with E-state index in [1.807, 2.05) is 0 Å². The van der Waals surface area contributed by atoms with Crippen LogP contribution in [0.1, 0.15) is 206 Å². The van der Waals surface area contributed by atoms with Crippen LogP contribution in [0.2, 0.25) is 0 Å². The molecular formula is C47H87O13P. The van der Waals surface area contributed by atoms with Crippen molar-refractivity contribution in [1.82, 2.24) is 0 Å². The summed E-state index contributed by atoms with van der Waals surface area (Å²) in [6.07, 6.45) is 28.0. The highest BCUT2D eigenvalue weighted by atomic mass is 31.2. The summed E-state index contributed by atoms with van der Waals surface area (Å²) in [5, 5.41) is 50.2. The average Bonchev–Trinajstić information content (AvgIpc) is 3.24. The lowest BCUT2D eigenvalue weighted by Gasteiger charge is -2.41. The Balaban J connectivity index is 2.43. The van der Waals surface area contributed by atoms with Gasteiger partial charge in [0.25, 0.3) is 0 Å². The smallest absolute Gasteiger partial charge is 0.462 e. The molecule has 0 saturated heterocycles. The van der Waals surface area contributed by atoms with E-state index >= 15 is 0 Å². The second-order valence-electron chi connectivity index (χ2n) is 17.0. The third kappa shape index (κ3) is 30.2. The molecule has 1 saturated carbocycles. The van der Waals surface area contributed by atoms with Crippen molar-refractivity contribution >= 4 is 19.8 Å². The second-order valence-corrected chi connectivity index (χ2v) is 18.4. The number of hydrogen-bond acceptors (Lipinski definition) is 12. The van der Waals surface area contributed by atoms with Gasteiger partial charge in [-0.25, -0.2) is 4.57 Å². The van der Waals surface area contributed by atoms with Gasteiger partial charge in [-0.15, -0.1) is 0 Å². The van der Waals surface area contributed by atoms with E-state index in [1.165, 1.54) is 96.3 Å². The number of carbonyl (C=O) groups is 2. The van der Waals surface area contributed by atoms with Gasteiger partial charge in [-0.2, -0.15) is 0 Å². The lowest BCUT2D eigenvalue weighted by atomic mass is 9.85. The average molecular weight is 891 g/mol. The number of phosphoric ester groups is 1. The number of phosphoric acid groups is 1. The van der Waals surface area contributed by atoms with Crippen LogP contribution < -0.4 is 0 Å². The van der Waals surface area contributed by atoms with Crippen LogP contribution in [0.25, 0.3) is 0 Å². The van der Waals surface area contributed by atoms with Crippen LogP contribution in [-0.4, -0.2) is 98.3 Å². The number of unbranched alkanes of at least 4 members (excludes halogenated alkanes) is 24. The zero-order chi connectivity index (χ0) is 45.0. The molecule has 0 aliphatic heterocycles. The fraction of sp³-hybridized carbons (Fsp3) is 0.872. The van der Waals surface area contributed by atoms with Gasteiger partial charge < -0.3 is 39.9 Å². The van der Waals surface area contributed by atoms with Crippen LogP contribution in [-0.2, 0) is 32.7 Å². The van der Waals surface area contributed by atoms with Crippen LogP contribution in [0.4, 0.5) is 0 Å². The molecule has 358 valence electrons. The van der Waals surface area contributed by atoms with Crippen LogP contribution in [0.15, 0.2) is 24.3 Å². The summed E-state index contributed by atoms with van der Waals surface area (Å²) in [6.45, 7) is 3.28. The molecule has 0 heterocycles. The van der Waals surface area contributed by atoms with Gasteiger partial charge in [0.05, 0.1) is 6.61 Å². The van der Waals surface area contributed by atoms with Crippen molar-refractivity contribution in [2.75, 3.05) is 13.2 Å². The summed E-state index contributed by atoms with van der Waals surface area (Å²) in [6, 6.07) is 0. The summed E-state index contributed by atoms with van der Waals surface area (Å²) < 4.78 is 33.5. The Morgan fingerprint density at radius 2 is 0.836 bits per heavy atom. The largest absolute Gasteiger partial charge is 0.472 e. The molecule has 1 rings (SSSR count). The number of esters is 2. The number of ether oxygens (including phenoxy) is 2.